The molecule has 33 heavy (non-hydrogen) atoms. The highest BCUT2D eigenvalue weighted by Crippen LogP contribution is 2.23. The number of morpholine rings is 1. The Kier molecular flexibility index (Phi) is 7.36. The Morgan fingerprint density at radius 1 is 1.21 bits per heavy atom. The maximum absolute atomic E-state index is 14.2. The van der Waals surface area contributed by atoms with E-state index in [2.05, 4.69) is 5.32 Å². The van der Waals surface area contributed by atoms with Crippen LogP contribution in [-0.4, -0.2) is 62.4 Å². The van der Waals surface area contributed by atoms with Crippen molar-refractivity contribution < 1.29 is 36.8 Å². The van der Waals surface area contributed by atoms with E-state index in [9.17, 15) is 32.5 Å². The van der Waals surface area contributed by atoms with Gasteiger partial charge in [0.05, 0.1) is 34.3 Å². The number of halogens is 1. The third-order valence-electron chi connectivity index (χ3n) is 4.81. The van der Waals surface area contributed by atoms with E-state index in [1.807, 2.05) is 0 Å². The minimum absolute atomic E-state index is 0.122. The summed E-state index contributed by atoms with van der Waals surface area (Å²) < 4.78 is 50.8. The van der Waals surface area contributed by atoms with E-state index >= 15 is 0 Å². The lowest BCUT2D eigenvalue weighted by atomic mass is 10.2. The molecule has 1 aliphatic heterocycles. The summed E-state index contributed by atoms with van der Waals surface area (Å²) in [5.41, 5.74) is -0.209. The van der Waals surface area contributed by atoms with Crippen LogP contribution >= 0.6 is 0 Å². The van der Waals surface area contributed by atoms with Gasteiger partial charge in [-0.05, 0) is 30.7 Å². The summed E-state index contributed by atoms with van der Waals surface area (Å²) in [6.07, 6.45) is 0. The fraction of sp³-hybridized carbons (Fsp3) is 0.300. The van der Waals surface area contributed by atoms with Crippen LogP contribution < -0.4 is 5.32 Å². The van der Waals surface area contributed by atoms with Gasteiger partial charge in [-0.3, -0.25) is 14.9 Å². The number of nitro groups is 1. The number of carbonyl (C=O) groups excluding carboxylic acids is 2. The first-order valence-electron chi connectivity index (χ1n) is 9.69. The number of benzene rings is 2. The number of hydrogen-bond donors (Lipinski definition) is 1. The molecule has 1 saturated heterocycles. The minimum Gasteiger partial charge on any atom is -0.452 e. The van der Waals surface area contributed by atoms with E-state index in [1.54, 1.807) is 6.92 Å². The smallest absolute Gasteiger partial charge is 0.341 e. The van der Waals surface area contributed by atoms with E-state index in [0.717, 1.165) is 28.6 Å². The first-order valence-corrected chi connectivity index (χ1v) is 11.1. The topological polar surface area (TPSA) is 145 Å². The number of hydrogen-bond acceptors (Lipinski definition) is 8. The largest absolute Gasteiger partial charge is 0.452 e. The Bertz CT molecular complexity index is 1200. The molecule has 0 saturated carbocycles. The summed E-state index contributed by atoms with van der Waals surface area (Å²) in [5, 5.41) is 13.3. The summed E-state index contributed by atoms with van der Waals surface area (Å²) in [6, 6.07) is 6.58. The Morgan fingerprint density at radius 2 is 1.91 bits per heavy atom. The van der Waals surface area contributed by atoms with Gasteiger partial charge in [-0.25, -0.2) is 17.6 Å². The van der Waals surface area contributed by atoms with Gasteiger partial charge in [0.15, 0.2) is 6.61 Å². The maximum Gasteiger partial charge on any atom is 0.341 e. The van der Waals surface area contributed by atoms with Crippen LogP contribution in [0.1, 0.15) is 15.9 Å². The van der Waals surface area contributed by atoms with Gasteiger partial charge in [0.2, 0.25) is 10.0 Å². The molecule has 1 aliphatic rings. The summed E-state index contributed by atoms with van der Waals surface area (Å²) >= 11 is 0. The number of nitrogens with one attached hydrogen (secondary N) is 1. The highest BCUT2D eigenvalue weighted by molar-refractivity contribution is 7.89. The van der Waals surface area contributed by atoms with Crippen molar-refractivity contribution in [3.8, 4) is 0 Å². The highest BCUT2D eigenvalue weighted by Gasteiger charge is 2.28. The van der Waals surface area contributed by atoms with Gasteiger partial charge in [-0.15, -0.1) is 0 Å². The van der Waals surface area contributed by atoms with Crippen molar-refractivity contribution in [3.05, 3.63) is 63.5 Å². The molecule has 0 spiro atoms. The van der Waals surface area contributed by atoms with E-state index < -0.39 is 44.8 Å². The van der Waals surface area contributed by atoms with Crippen LogP contribution in [0, 0.1) is 22.9 Å². The maximum atomic E-state index is 14.2. The molecule has 1 N–H and O–H groups in total. The summed E-state index contributed by atoms with van der Waals surface area (Å²) in [4.78, 5) is 34.4. The number of anilines is 1. The van der Waals surface area contributed by atoms with Gasteiger partial charge in [-0.1, -0.05) is 6.07 Å². The van der Waals surface area contributed by atoms with E-state index in [1.165, 1.54) is 12.1 Å². The van der Waals surface area contributed by atoms with Crippen molar-refractivity contribution in [3.63, 3.8) is 0 Å². The molecule has 0 unspecified atom stereocenters. The molecule has 0 aromatic heterocycles. The number of ether oxygens (including phenoxy) is 2. The van der Waals surface area contributed by atoms with E-state index in [4.69, 9.17) is 9.47 Å². The minimum atomic E-state index is -3.98. The molecule has 0 atom stereocenters. The Hall–Kier alpha value is -3.42. The molecule has 0 radical (unpaired) electrons. The standard InChI is InChI=1S/C20H20FN3O8S/c1-13-2-3-14(24(27)28)10-18(13)22-19(25)12-32-20(26)16-11-15(4-5-17(16)21)33(29,30)23-6-8-31-9-7-23/h2-5,10-11H,6-9,12H2,1H3,(H,22,25). The average Bonchev–Trinajstić information content (AvgIpc) is 2.79. The number of rotatable bonds is 7. The summed E-state index contributed by atoms with van der Waals surface area (Å²) in [6.45, 7) is 1.47. The van der Waals surface area contributed by atoms with Gasteiger partial charge >= 0.3 is 5.97 Å². The van der Waals surface area contributed by atoms with Gasteiger partial charge in [0.1, 0.15) is 5.82 Å². The number of sulfonamides is 1. The number of carbonyl (C=O) groups is 2. The third kappa shape index (κ3) is 5.69. The Labute approximate surface area is 188 Å². The summed E-state index contributed by atoms with van der Waals surface area (Å²) in [5.74, 6) is -3.07. The molecule has 13 heteroatoms. The second-order valence-electron chi connectivity index (χ2n) is 7.04. The fourth-order valence-electron chi connectivity index (χ4n) is 3.01. The molecule has 11 nitrogen and oxygen atoms in total. The molecule has 1 fully saturated rings. The number of amides is 1. The van der Waals surface area contributed by atoms with Gasteiger partial charge < -0.3 is 14.8 Å². The van der Waals surface area contributed by atoms with Crippen molar-refractivity contribution in [2.45, 2.75) is 11.8 Å². The number of esters is 1. The van der Waals surface area contributed by atoms with Gasteiger partial charge in [-0.2, -0.15) is 4.31 Å². The number of nitrogens with zero attached hydrogens (tertiary/aromatic N) is 2. The van der Waals surface area contributed by atoms with Crippen LogP contribution in [0.3, 0.4) is 0 Å². The monoisotopic (exact) mass is 481 g/mol. The van der Waals surface area contributed by atoms with Crippen LogP contribution in [0.4, 0.5) is 15.8 Å². The number of non-ortho nitro benzene ring substituents is 1. The Balaban J connectivity index is 1.69. The molecule has 0 aliphatic carbocycles. The zero-order valence-electron chi connectivity index (χ0n) is 17.4. The molecule has 2 aromatic rings. The van der Waals surface area contributed by atoms with Crippen molar-refractivity contribution in [2.75, 3.05) is 38.2 Å². The molecule has 2 aromatic carbocycles. The lowest BCUT2D eigenvalue weighted by Crippen LogP contribution is -2.40. The van der Waals surface area contributed by atoms with Crippen molar-refractivity contribution in [2.24, 2.45) is 0 Å². The van der Waals surface area contributed by atoms with Crippen molar-refractivity contribution in [1.82, 2.24) is 4.31 Å². The number of aryl methyl sites for hydroxylation is 1. The molecule has 0 bridgehead atoms. The molecule has 1 amide bonds. The first-order chi connectivity index (χ1) is 15.6. The average molecular weight is 481 g/mol. The van der Waals surface area contributed by atoms with Gasteiger partial charge in [0, 0.05) is 25.2 Å². The van der Waals surface area contributed by atoms with Crippen molar-refractivity contribution >= 4 is 33.3 Å². The third-order valence-corrected chi connectivity index (χ3v) is 6.70. The van der Waals surface area contributed by atoms with Crippen LogP contribution in [-0.2, 0) is 24.3 Å². The predicted molar refractivity (Wildman–Crippen MR) is 113 cm³/mol. The van der Waals surface area contributed by atoms with E-state index in [-0.39, 0.29) is 42.6 Å². The van der Waals surface area contributed by atoms with Crippen LogP contribution in [0.2, 0.25) is 0 Å². The van der Waals surface area contributed by atoms with E-state index in [0.29, 0.717) is 5.56 Å². The van der Waals surface area contributed by atoms with Crippen LogP contribution in [0.15, 0.2) is 41.3 Å². The second kappa shape index (κ2) is 10.0. The first kappa shape index (κ1) is 24.2. The quantitative estimate of drug-likeness (QED) is 0.358. The molecule has 176 valence electrons. The van der Waals surface area contributed by atoms with Crippen molar-refractivity contribution in [1.29, 1.82) is 0 Å². The SMILES string of the molecule is Cc1ccc([N+](=O)[O-])cc1NC(=O)COC(=O)c1cc(S(=O)(=O)N2CCOCC2)ccc1F. The van der Waals surface area contributed by atoms with Gasteiger partial charge in [0.25, 0.3) is 11.6 Å². The molecular formula is C20H20FN3O8S. The molecule has 1 heterocycles. The fourth-order valence-corrected chi connectivity index (χ4v) is 4.45. The van der Waals surface area contributed by atoms with Crippen LogP contribution in [0.5, 0.6) is 0 Å². The molecular weight excluding hydrogens is 461 g/mol. The lowest BCUT2D eigenvalue weighted by molar-refractivity contribution is -0.384. The zero-order chi connectivity index (χ0) is 24.2. The Morgan fingerprint density at radius 3 is 2.58 bits per heavy atom. The zero-order valence-corrected chi connectivity index (χ0v) is 18.3. The number of nitro benzene ring substituents is 1. The molecule has 3 rings (SSSR count). The lowest BCUT2D eigenvalue weighted by Gasteiger charge is -2.26. The predicted octanol–water partition coefficient (Wildman–Crippen LogP) is 1.86. The van der Waals surface area contributed by atoms with Crippen LogP contribution in [0.25, 0.3) is 0 Å². The second-order valence-corrected chi connectivity index (χ2v) is 8.98. The highest BCUT2D eigenvalue weighted by atomic mass is 32.2. The summed E-state index contributed by atoms with van der Waals surface area (Å²) in [7, 11) is -3.98. The normalized spacial score (nSPS) is 14.5.